The molecule has 2 aromatic rings. The number of benzene rings is 2. The number of hydrogen-bond acceptors (Lipinski definition) is 3. The lowest BCUT2D eigenvalue weighted by atomic mass is 9.98. The molecule has 0 saturated carbocycles. The Bertz CT molecular complexity index is 804. The van der Waals surface area contributed by atoms with Gasteiger partial charge in [-0.1, -0.05) is 48.5 Å². The van der Waals surface area contributed by atoms with Crippen molar-refractivity contribution in [2.75, 3.05) is 0 Å². The van der Waals surface area contributed by atoms with Crippen LogP contribution in [0.1, 0.15) is 42.6 Å². The van der Waals surface area contributed by atoms with Gasteiger partial charge in [0.05, 0.1) is 0 Å². The normalized spacial score (nSPS) is 12.1. The van der Waals surface area contributed by atoms with Crippen LogP contribution in [0.2, 0.25) is 0 Å². The van der Waals surface area contributed by atoms with Crippen LogP contribution in [0.15, 0.2) is 60.7 Å². The van der Waals surface area contributed by atoms with Crippen LogP contribution < -0.4 is 10.6 Å². The smallest absolute Gasteiger partial charge is 0.303 e. The highest BCUT2D eigenvalue weighted by Gasteiger charge is 2.31. The Morgan fingerprint density at radius 2 is 1.54 bits per heavy atom. The Morgan fingerprint density at radius 3 is 2.11 bits per heavy atom. The van der Waals surface area contributed by atoms with E-state index in [0.717, 1.165) is 5.56 Å². The third kappa shape index (κ3) is 6.54. The van der Waals surface area contributed by atoms with Crippen LogP contribution in [0.3, 0.4) is 0 Å². The summed E-state index contributed by atoms with van der Waals surface area (Å²) in [5.41, 5.74) is 0.324. The molecule has 28 heavy (non-hydrogen) atoms. The van der Waals surface area contributed by atoms with E-state index >= 15 is 0 Å². The number of carboxylic acid groups (broad SMARTS) is 1. The summed E-state index contributed by atoms with van der Waals surface area (Å²) in [6.07, 6.45) is 0.774. The van der Waals surface area contributed by atoms with Crippen LogP contribution in [0.25, 0.3) is 0 Å². The monoisotopic (exact) mass is 382 g/mol. The number of carbonyl (C=O) groups is 3. The molecule has 1 unspecified atom stereocenters. The van der Waals surface area contributed by atoms with Gasteiger partial charge in [0.25, 0.3) is 5.91 Å². The minimum atomic E-state index is -1.15. The first-order valence-electron chi connectivity index (χ1n) is 9.22. The largest absolute Gasteiger partial charge is 0.481 e. The first-order chi connectivity index (χ1) is 13.3. The molecule has 2 amide bonds. The molecule has 0 heterocycles. The molecule has 0 radical (unpaired) electrons. The Morgan fingerprint density at radius 1 is 0.964 bits per heavy atom. The van der Waals surface area contributed by atoms with Crippen molar-refractivity contribution < 1.29 is 19.5 Å². The third-order valence-corrected chi connectivity index (χ3v) is 4.40. The Labute approximate surface area is 165 Å². The molecule has 0 saturated heterocycles. The molecule has 6 nitrogen and oxygen atoms in total. The number of amides is 2. The van der Waals surface area contributed by atoms with Crippen LogP contribution in [-0.4, -0.2) is 34.5 Å². The quantitative estimate of drug-likeness (QED) is 0.621. The van der Waals surface area contributed by atoms with Gasteiger partial charge in [-0.2, -0.15) is 0 Å². The molecule has 0 fully saturated rings. The van der Waals surface area contributed by atoms with Crippen LogP contribution >= 0.6 is 0 Å². The molecule has 0 bridgehead atoms. The molecule has 0 aliphatic rings. The zero-order valence-electron chi connectivity index (χ0n) is 16.1. The summed E-state index contributed by atoms with van der Waals surface area (Å²) >= 11 is 0. The average molecular weight is 382 g/mol. The molecule has 0 aromatic heterocycles. The van der Waals surface area contributed by atoms with Gasteiger partial charge in [0.1, 0.15) is 5.54 Å². The molecule has 0 aliphatic carbocycles. The lowest BCUT2D eigenvalue weighted by molar-refractivity contribution is -0.137. The second kappa shape index (κ2) is 9.69. The van der Waals surface area contributed by atoms with Gasteiger partial charge in [-0.3, -0.25) is 14.4 Å². The van der Waals surface area contributed by atoms with Crippen molar-refractivity contribution in [3.8, 4) is 0 Å². The number of hydrogen-bond donors (Lipinski definition) is 3. The topological polar surface area (TPSA) is 95.5 Å². The lowest BCUT2D eigenvalue weighted by Gasteiger charge is -2.28. The molecule has 0 aliphatic heterocycles. The van der Waals surface area contributed by atoms with Gasteiger partial charge in [-0.25, -0.2) is 0 Å². The molecular weight excluding hydrogens is 356 g/mol. The fraction of sp³-hybridized carbons (Fsp3) is 0.318. The summed E-state index contributed by atoms with van der Waals surface area (Å²) in [7, 11) is 0. The molecule has 6 heteroatoms. The van der Waals surface area contributed by atoms with E-state index in [0.29, 0.717) is 18.4 Å². The molecule has 2 rings (SSSR count). The number of carboxylic acids is 1. The molecule has 148 valence electrons. The van der Waals surface area contributed by atoms with Crippen LogP contribution in [0.5, 0.6) is 0 Å². The Kier molecular flexibility index (Phi) is 7.32. The summed E-state index contributed by atoms with van der Waals surface area (Å²) in [4.78, 5) is 36.2. The van der Waals surface area contributed by atoms with Crippen molar-refractivity contribution >= 4 is 17.8 Å². The second-order valence-corrected chi connectivity index (χ2v) is 7.24. The number of nitrogens with one attached hydrogen (secondary N) is 2. The van der Waals surface area contributed by atoms with E-state index in [2.05, 4.69) is 10.6 Å². The summed E-state index contributed by atoms with van der Waals surface area (Å²) < 4.78 is 0. The van der Waals surface area contributed by atoms with E-state index in [9.17, 15) is 14.4 Å². The Hall–Kier alpha value is -3.15. The maximum absolute atomic E-state index is 12.8. The van der Waals surface area contributed by atoms with E-state index in [1.54, 1.807) is 38.1 Å². The minimum absolute atomic E-state index is 0.0470. The van der Waals surface area contributed by atoms with Gasteiger partial charge in [-0.05, 0) is 44.4 Å². The summed E-state index contributed by atoms with van der Waals surface area (Å²) in [5.74, 6) is -1.61. The highest BCUT2D eigenvalue weighted by Crippen LogP contribution is 2.11. The predicted molar refractivity (Wildman–Crippen MR) is 107 cm³/mol. The van der Waals surface area contributed by atoms with Gasteiger partial charge < -0.3 is 15.7 Å². The maximum Gasteiger partial charge on any atom is 0.303 e. The SMILES string of the molecule is CC(C)(NC(=O)c1ccccc1)C(=O)NC(CCC(=O)O)Cc1ccccc1. The second-order valence-electron chi connectivity index (χ2n) is 7.24. The van der Waals surface area contributed by atoms with Gasteiger partial charge in [0.2, 0.25) is 5.91 Å². The molecule has 2 aromatic carbocycles. The fourth-order valence-corrected chi connectivity index (χ4v) is 2.79. The predicted octanol–water partition coefficient (Wildman–Crippen LogP) is 2.79. The van der Waals surface area contributed by atoms with E-state index in [-0.39, 0.29) is 24.3 Å². The molecule has 1 atom stereocenters. The zero-order chi connectivity index (χ0) is 20.6. The van der Waals surface area contributed by atoms with Crippen molar-refractivity contribution in [1.82, 2.24) is 10.6 Å². The summed E-state index contributed by atoms with van der Waals surface area (Å²) in [5, 5.41) is 14.6. The van der Waals surface area contributed by atoms with E-state index in [1.807, 2.05) is 36.4 Å². The van der Waals surface area contributed by atoms with Crippen molar-refractivity contribution in [3.63, 3.8) is 0 Å². The van der Waals surface area contributed by atoms with Crippen molar-refractivity contribution in [3.05, 3.63) is 71.8 Å². The van der Waals surface area contributed by atoms with Gasteiger partial charge >= 0.3 is 5.97 Å². The third-order valence-electron chi connectivity index (χ3n) is 4.40. The Balaban J connectivity index is 2.04. The molecule has 3 N–H and O–H groups in total. The van der Waals surface area contributed by atoms with Gasteiger partial charge in [0, 0.05) is 18.0 Å². The van der Waals surface area contributed by atoms with Crippen LogP contribution in [-0.2, 0) is 16.0 Å². The minimum Gasteiger partial charge on any atom is -0.481 e. The van der Waals surface area contributed by atoms with Gasteiger partial charge in [0.15, 0.2) is 0 Å². The van der Waals surface area contributed by atoms with Crippen molar-refractivity contribution in [2.24, 2.45) is 0 Å². The number of aliphatic carboxylic acids is 1. The number of carbonyl (C=O) groups excluding carboxylic acids is 2. The molecular formula is C22H26N2O4. The first-order valence-corrected chi connectivity index (χ1v) is 9.22. The maximum atomic E-state index is 12.8. The molecule has 0 spiro atoms. The standard InChI is InChI=1S/C22H26N2O4/c1-22(2,24-20(27)17-11-7-4-8-12-17)21(28)23-18(13-14-19(25)26)15-16-9-5-3-6-10-16/h3-12,18H,13-15H2,1-2H3,(H,23,28)(H,24,27)(H,25,26). The van der Waals surface area contributed by atoms with E-state index in [1.165, 1.54) is 0 Å². The van der Waals surface area contributed by atoms with Gasteiger partial charge in [-0.15, -0.1) is 0 Å². The van der Waals surface area contributed by atoms with Crippen LogP contribution in [0, 0.1) is 0 Å². The van der Waals surface area contributed by atoms with E-state index in [4.69, 9.17) is 5.11 Å². The average Bonchev–Trinajstić information content (AvgIpc) is 2.67. The summed E-state index contributed by atoms with van der Waals surface area (Å²) in [6, 6.07) is 17.9. The number of rotatable bonds is 9. The van der Waals surface area contributed by atoms with Crippen molar-refractivity contribution in [2.45, 2.75) is 44.7 Å². The van der Waals surface area contributed by atoms with Crippen LogP contribution in [0.4, 0.5) is 0 Å². The highest BCUT2D eigenvalue weighted by atomic mass is 16.4. The fourth-order valence-electron chi connectivity index (χ4n) is 2.79. The zero-order valence-corrected chi connectivity index (χ0v) is 16.1. The van der Waals surface area contributed by atoms with E-state index < -0.39 is 11.5 Å². The highest BCUT2D eigenvalue weighted by molar-refractivity contribution is 5.98. The van der Waals surface area contributed by atoms with Crippen molar-refractivity contribution in [1.29, 1.82) is 0 Å². The summed E-state index contributed by atoms with van der Waals surface area (Å²) in [6.45, 7) is 3.25. The lowest BCUT2D eigenvalue weighted by Crippen LogP contribution is -2.57. The first kappa shape index (κ1) is 21.2.